The van der Waals surface area contributed by atoms with Gasteiger partial charge in [0, 0.05) is 31.4 Å². The lowest BCUT2D eigenvalue weighted by atomic mass is 9.69. The molecule has 108 valence electrons. The number of nitrogens with one attached hydrogen (secondary N) is 2. The van der Waals surface area contributed by atoms with Crippen molar-refractivity contribution in [3.8, 4) is 0 Å². The van der Waals surface area contributed by atoms with Crippen LogP contribution in [0.15, 0.2) is 12.4 Å². The summed E-state index contributed by atoms with van der Waals surface area (Å²) >= 11 is 0. The van der Waals surface area contributed by atoms with E-state index in [1.54, 1.807) is 0 Å². The summed E-state index contributed by atoms with van der Waals surface area (Å²) < 4.78 is 0. The Balaban J connectivity index is 1.66. The number of nitrogens with zero attached hydrogens (tertiary/aromatic N) is 1. The molecule has 1 aliphatic carbocycles. The summed E-state index contributed by atoms with van der Waals surface area (Å²) in [7, 11) is 0. The van der Waals surface area contributed by atoms with Crippen LogP contribution >= 0.6 is 0 Å². The van der Waals surface area contributed by atoms with Crippen molar-refractivity contribution in [1.29, 1.82) is 0 Å². The molecule has 0 spiro atoms. The minimum atomic E-state index is 0.527. The molecule has 0 aromatic carbocycles. The zero-order valence-electron chi connectivity index (χ0n) is 12.7. The largest absolute Gasteiger partial charge is 0.349 e. The summed E-state index contributed by atoms with van der Waals surface area (Å²) in [4.78, 5) is 7.42. The van der Waals surface area contributed by atoms with Gasteiger partial charge in [0.2, 0.25) is 0 Å². The fourth-order valence-corrected chi connectivity index (χ4v) is 3.20. The zero-order chi connectivity index (χ0) is 13.7. The molecule has 0 saturated heterocycles. The van der Waals surface area contributed by atoms with E-state index in [2.05, 4.69) is 36.1 Å². The van der Waals surface area contributed by atoms with Crippen molar-refractivity contribution < 1.29 is 0 Å². The van der Waals surface area contributed by atoms with Gasteiger partial charge in [-0.2, -0.15) is 0 Å². The van der Waals surface area contributed by atoms with Crippen LogP contribution in [0.2, 0.25) is 0 Å². The predicted molar refractivity (Wildman–Crippen MR) is 80.1 cm³/mol. The van der Waals surface area contributed by atoms with Crippen molar-refractivity contribution in [1.82, 2.24) is 15.3 Å². The van der Waals surface area contributed by atoms with Crippen LogP contribution in [-0.2, 0) is 6.42 Å². The Bertz CT molecular complexity index is 348. The topological polar surface area (TPSA) is 40.7 Å². The fourth-order valence-electron chi connectivity index (χ4n) is 3.20. The lowest BCUT2D eigenvalue weighted by Gasteiger charge is -2.39. The van der Waals surface area contributed by atoms with Gasteiger partial charge in [-0.25, -0.2) is 4.98 Å². The molecule has 2 N–H and O–H groups in total. The molecule has 0 unspecified atom stereocenters. The first-order valence-electron chi connectivity index (χ1n) is 7.83. The van der Waals surface area contributed by atoms with Gasteiger partial charge in [0.25, 0.3) is 0 Å². The van der Waals surface area contributed by atoms with Crippen molar-refractivity contribution in [2.45, 2.75) is 65.3 Å². The van der Waals surface area contributed by atoms with Crippen LogP contribution in [0.5, 0.6) is 0 Å². The number of aromatic nitrogens is 2. The second-order valence-corrected chi connectivity index (χ2v) is 6.63. The third-order valence-corrected chi connectivity index (χ3v) is 5.09. The molecule has 1 aromatic heterocycles. The van der Waals surface area contributed by atoms with Crippen LogP contribution in [0.3, 0.4) is 0 Å². The van der Waals surface area contributed by atoms with E-state index < -0.39 is 0 Å². The summed E-state index contributed by atoms with van der Waals surface area (Å²) in [5.74, 6) is 2.01. The number of aromatic amines is 1. The van der Waals surface area contributed by atoms with Crippen molar-refractivity contribution in [2.75, 3.05) is 6.54 Å². The molecule has 2 rings (SSSR count). The van der Waals surface area contributed by atoms with Crippen molar-refractivity contribution in [3.63, 3.8) is 0 Å². The van der Waals surface area contributed by atoms with Gasteiger partial charge in [-0.15, -0.1) is 0 Å². The molecule has 0 radical (unpaired) electrons. The Kier molecular flexibility index (Phi) is 5.03. The van der Waals surface area contributed by atoms with E-state index in [-0.39, 0.29) is 0 Å². The Morgan fingerprint density at radius 1 is 1.32 bits per heavy atom. The van der Waals surface area contributed by atoms with E-state index in [4.69, 9.17) is 0 Å². The molecule has 1 aromatic rings. The maximum absolute atomic E-state index is 4.26. The van der Waals surface area contributed by atoms with Crippen LogP contribution < -0.4 is 5.32 Å². The van der Waals surface area contributed by atoms with Crippen LogP contribution in [0.25, 0.3) is 0 Å². The van der Waals surface area contributed by atoms with Crippen molar-refractivity contribution >= 4 is 0 Å². The minimum Gasteiger partial charge on any atom is -0.349 e. The highest BCUT2D eigenvalue weighted by atomic mass is 14.9. The van der Waals surface area contributed by atoms with E-state index in [0.717, 1.165) is 30.7 Å². The first-order chi connectivity index (χ1) is 9.12. The molecule has 1 heterocycles. The van der Waals surface area contributed by atoms with Gasteiger partial charge in [0.15, 0.2) is 0 Å². The van der Waals surface area contributed by atoms with Crippen molar-refractivity contribution in [2.24, 2.45) is 11.3 Å². The van der Waals surface area contributed by atoms with Gasteiger partial charge in [-0.05, 0) is 37.0 Å². The second kappa shape index (κ2) is 6.56. The summed E-state index contributed by atoms with van der Waals surface area (Å²) in [6.45, 7) is 8.23. The van der Waals surface area contributed by atoms with E-state index in [9.17, 15) is 0 Å². The normalized spacial score (nSPS) is 24.6. The number of hydrogen-bond acceptors (Lipinski definition) is 2. The molecule has 0 atom stereocenters. The molecule has 19 heavy (non-hydrogen) atoms. The Morgan fingerprint density at radius 2 is 2.05 bits per heavy atom. The van der Waals surface area contributed by atoms with E-state index in [0.29, 0.717) is 5.41 Å². The first kappa shape index (κ1) is 14.6. The van der Waals surface area contributed by atoms with Crippen molar-refractivity contribution in [3.05, 3.63) is 18.2 Å². The van der Waals surface area contributed by atoms with Crippen LogP contribution in [0, 0.1) is 11.3 Å². The average Bonchev–Trinajstić information content (AvgIpc) is 2.92. The molecule has 1 aliphatic rings. The molecule has 0 bridgehead atoms. The number of rotatable bonds is 6. The minimum absolute atomic E-state index is 0.527. The number of hydrogen-bond donors (Lipinski definition) is 2. The SMILES string of the molecule is CCC(C)(C)C1CCC(NCCc2ncc[nH]2)CC1. The Labute approximate surface area is 117 Å². The first-order valence-corrected chi connectivity index (χ1v) is 7.83. The standard InChI is InChI=1S/C16H29N3/c1-4-16(2,3)13-5-7-14(8-6-13)17-10-9-15-18-11-12-19-15/h11-14,17H,4-10H2,1-3H3,(H,18,19). The lowest BCUT2D eigenvalue weighted by molar-refractivity contribution is 0.137. The highest BCUT2D eigenvalue weighted by Crippen LogP contribution is 2.40. The molecular formula is C16H29N3. The maximum Gasteiger partial charge on any atom is 0.107 e. The zero-order valence-corrected chi connectivity index (χ0v) is 12.7. The van der Waals surface area contributed by atoms with Gasteiger partial charge >= 0.3 is 0 Å². The molecule has 0 aliphatic heterocycles. The highest BCUT2D eigenvalue weighted by molar-refractivity contribution is 4.89. The van der Waals surface area contributed by atoms with Gasteiger partial charge in [-0.3, -0.25) is 0 Å². The third kappa shape index (κ3) is 4.07. The molecule has 3 nitrogen and oxygen atoms in total. The lowest BCUT2D eigenvalue weighted by Crippen LogP contribution is -2.37. The fraction of sp³-hybridized carbons (Fsp3) is 0.812. The molecule has 1 saturated carbocycles. The van der Waals surface area contributed by atoms with Crippen LogP contribution in [0.1, 0.15) is 58.7 Å². The summed E-state index contributed by atoms with van der Waals surface area (Å²) in [6.07, 6.45) is 11.5. The maximum atomic E-state index is 4.26. The van der Waals surface area contributed by atoms with E-state index >= 15 is 0 Å². The predicted octanol–water partition coefficient (Wildman–Crippen LogP) is 3.54. The van der Waals surface area contributed by atoms with Gasteiger partial charge < -0.3 is 10.3 Å². The summed E-state index contributed by atoms with van der Waals surface area (Å²) in [5, 5.41) is 3.69. The Morgan fingerprint density at radius 3 is 2.63 bits per heavy atom. The molecule has 3 heteroatoms. The highest BCUT2D eigenvalue weighted by Gasteiger charge is 2.31. The number of imidazole rings is 1. The number of H-pyrrole nitrogens is 1. The second-order valence-electron chi connectivity index (χ2n) is 6.63. The van der Waals surface area contributed by atoms with Crippen LogP contribution in [-0.4, -0.2) is 22.6 Å². The van der Waals surface area contributed by atoms with E-state index in [1.807, 2.05) is 12.4 Å². The van der Waals surface area contributed by atoms with Gasteiger partial charge in [0.05, 0.1) is 0 Å². The summed E-state index contributed by atoms with van der Waals surface area (Å²) in [5.41, 5.74) is 0.527. The molecule has 0 amide bonds. The average molecular weight is 263 g/mol. The molecule has 1 fully saturated rings. The van der Waals surface area contributed by atoms with Crippen LogP contribution in [0.4, 0.5) is 0 Å². The Hall–Kier alpha value is -0.830. The third-order valence-electron chi connectivity index (χ3n) is 5.09. The molecular weight excluding hydrogens is 234 g/mol. The van der Waals surface area contributed by atoms with Gasteiger partial charge in [0.1, 0.15) is 5.82 Å². The smallest absolute Gasteiger partial charge is 0.107 e. The van der Waals surface area contributed by atoms with Gasteiger partial charge in [-0.1, -0.05) is 27.2 Å². The summed E-state index contributed by atoms with van der Waals surface area (Å²) in [6, 6.07) is 0.721. The monoisotopic (exact) mass is 263 g/mol. The quantitative estimate of drug-likeness (QED) is 0.824. The van der Waals surface area contributed by atoms with E-state index in [1.165, 1.54) is 32.1 Å².